The van der Waals surface area contributed by atoms with Crippen LogP contribution in [0.3, 0.4) is 0 Å². The molecule has 4 heterocycles. The van der Waals surface area contributed by atoms with E-state index in [1.165, 1.54) is 0 Å². The number of hydrogen-bond acceptors (Lipinski definition) is 6. The molecule has 0 aliphatic carbocycles. The summed E-state index contributed by atoms with van der Waals surface area (Å²) in [5.41, 5.74) is 0.640. The molecule has 1 N–H and O–H groups in total. The quantitative estimate of drug-likeness (QED) is 0.653. The maximum Gasteiger partial charge on any atom is 0.512 e. The smallest absolute Gasteiger partial charge is 0.444 e. The van der Waals surface area contributed by atoms with Gasteiger partial charge in [-0.15, -0.1) is 0 Å². The van der Waals surface area contributed by atoms with Gasteiger partial charge in [-0.3, -0.25) is 0 Å². The summed E-state index contributed by atoms with van der Waals surface area (Å²) in [5.74, 6) is -0.0369. The molecular weight excluding hydrogens is 450 g/mol. The number of hydrogen-bond donors (Lipinski definition) is 1. The van der Waals surface area contributed by atoms with Crippen LogP contribution in [-0.2, 0) is 14.0 Å². The summed E-state index contributed by atoms with van der Waals surface area (Å²) in [7, 11) is -0.620. The van der Waals surface area contributed by atoms with E-state index in [0.717, 1.165) is 11.2 Å². The van der Waals surface area contributed by atoms with Crippen molar-refractivity contribution in [2.45, 2.75) is 85.0 Å². The number of fused-ring (bicyclic) bond motifs is 1. The second-order valence-corrected chi connectivity index (χ2v) is 11.8. The zero-order chi connectivity index (χ0) is 25.9. The Morgan fingerprint density at radius 3 is 2.23 bits per heavy atom. The highest BCUT2D eigenvalue weighted by atomic mass is 19.1. The topological polar surface area (TPSA) is 79.9 Å². The first-order valence-electron chi connectivity index (χ1n) is 12.4. The molecule has 2 aromatic heterocycles. The van der Waals surface area contributed by atoms with Gasteiger partial charge in [-0.1, -0.05) is 13.8 Å². The van der Waals surface area contributed by atoms with Crippen LogP contribution in [0.2, 0.25) is 0 Å². The largest absolute Gasteiger partial charge is 0.512 e. The Labute approximate surface area is 207 Å². The van der Waals surface area contributed by atoms with Gasteiger partial charge in [-0.05, 0) is 59.9 Å². The van der Waals surface area contributed by atoms with Gasteiger partial charge in [-0.2, -0.15) is 0 Å². The lowest BCUT2D eigenvalue weighted by Crippen LogP contribution is -2.50. The Kier molecular flexibility index (Phi) is 6.37. The zero-order valence-corrected chi connectivity index (χ0v) is 22.4. The summed E-state index contributed by atoms with van der Waals surface area (Å²) in [6.45, 7) is 19.4. The Bertz CT molecular complexity index is 1100. The molecule has 2 fully saturated rings. The van der Waals surface area contributed by atoms with E-state index in [4.69, 9.17) is 14.0 Å². The van der Waals surface area contributed by atoms with Crippen molar-refractivity contribution in [2.24, 2.45) is 0 Å². The van der Waals surface area contributed by atoms with Crippen molar-refractivity contribution < 1.29 is 23.2 Å². The first kappa shape index (κ1) is 25.8. The highest BCUT2D eigenvalue weighted by Crippen LogP contribution is 2.38. The molecule has 2 aliphatic heterocycles. The molecule has 0 saturated carbocycles. The number of halogens is 1. The van der Waals surface area contributed by atoms with Crippen LogP contribution in [0.15, 0.2) is 6.20 Å². The van der Waals surface area contributed by atoms with Gasteiger partial charge < -0.3 is 28.8 Å². The molecule has 0 aromatic carbocycles. The molecule has 0 spiro atoms. The van der Waals surface area contributed by atoms with Gasteiger partial charge in [0.1, 0.15) is 5.60 Å². The molecule has 10 heteroatoms. The molecule has 192 valence electrons. The van der Waals surface area contributed by atoms with Crippen molar-refractivity contribution in [3.05, 3.63) is 17.6 Å². The molecule has 8 nitrogen and oxygen atoms in total. The lowest BCUT2D eigenvalue weighted by Gasteiger charge is -2.36. The molecule has 0 atom stereocenters. The van der Waals surface area contributed by atoms with E-state index in [1.54, 1.807) is 11.1 Å². The number of ether oxygens (including phenoxy) is 1. The van der Waals surface area contributed by atoms with Gasteiger partial charge >= 0.3 is 13.2 Å². The van der Waals surface area contributed by atoms with Gasteiger partial charge in [-0.25, -0.2) is 14.2 Å². The average molecular weight is 488 g/mol. The van der Waals surface area contributed by atoms with Crippen LogP contribution in [0, 0.1) is 5.82 Å². The number of carbonyl (C=O) groups is 1. The fraction of sp³-hybridized carbons (Fsp3) is 0.680. The van der Waals surface area contributed by atoms with Crippen LogP contribution in [0.4, 0.5) is 15.0 Å². The average Bonchev–Trinajstić information content (AvgIpc) is 3.22. The van der Waals surface area contributed by atoms with Crippen LogP contribution in [0.5, 0.6) is 0 Å². The van der Waals surface area contributed by atoms with Gasteiger partial charge in [0.05, 0.1) is 28.5 Å². The molecule has 0 bridgehead atoms. The molecule has 4 rings (SSSR count). The van der Waals surface area contributed by atoms with E-state index in [2.05, 4.69) is 9.97 Å². The third kappa shape index (κ3) is 4.74. The molecule has 2 aliphatic rings. The number of aromatic amines is 1. The second kappa shape index (κ2) is 8.66. The zero-order valence-electron chi connectivity index (χ0n) is 22.4. The summed E-state index contributed by atoms with van der Waals surface area (Å²) in [5, 5.41) is 0.518. The number of pyridine rings is 1. The fourth-order valence-corrected chi connectivity index (χ4v) is 4.58. The highest BCUT2D eigenvalue weighted by Gasteiger charge is 2.53. The van der Waals surface area contributed by atoms with Crippen molar-refractivity contribution in [1.82, 2.24) is 14.9 Å². The standard InChI is InChI=1S/C25H38BFN4O4/c1-15(2)17-18-16(29-20(17)26-34-24(6,7)25(8,9)35-26)14-28-21(19(18)27)30-10-12-31(13-11-30)22(32)33-23(3,4)5/h14-15,29H,10-13H2,1-9H3. The normalized spacial score (nSPS) is 20.3. The lowest BCUT2D eigenvalue weighted by atomic mass is 9.78. The number of piperazine rings is 1. The van der Waals surface area contributed by atoms with Gasteiger partial charge in [0.25, 0.3) is 0 Å². The Morgan fingerprint density at radius 1 is 1.14 bits per heavy atom. The summed E-state index contributed by atoms with van der Waals surface area (Å²) in [6.07, 6.45) is 1.33. The predicted molar refractivity (Wildman–Crippen MR) is 136 cm³/mol. The minimum Gasteiger partial charge on any atom is -0.444 e. The van der Waals surface area contributed by atoms with Crippen molar-refractivity contribution in [1.29, 1.82) is 0 Å². The number of rotatable bonds is 3. The number of nitrogens with zero attached hydrogens (tertiary/aromatic N) is 3. The van der Waals surface area contributed by atoms with E-state index in [9.17, 15) is 4.79 Å². The second-order valence-electron chi connectivity index (χ2n) is 11.8. The van der Waals surface area contributed by atoms with E-state index in [-0.39, 0.29) is 17.8 Å². The molecule has 2 saturated heterocycles. The molecule has 2 aromatic rings. The Hall–Kier alpha value is -2.33. The van der Waals surface area contributed by atoms with Crippen LogP contribution in [0.1, 0.15) is 73.8 Å². The van der Waals surface area contributed by atoms with Crippen molar-refractivity contribution in [3.8, 4) is 0 Å². The van der Waals surface area contributed by atoms with Crippen molar-refractivity contribution in [3.63, 3.8) is 0 Å². The number of anilines is 1. The number of nitrogens with one attached hydrogen (secondary N) is 1. The third-order valence-corrected chi connectivity index (χ3v) is 7.13. The number of H-pyrrole nitrogens is 1. The maximum atomic E-state index is 16.0. The predicted octanol–water partition coefficient (Wildman–Crippen LogP) is 4.18. The molecule has 1 amide bonds. The van der Waals surface area contributed by atoms with Gasteiger partial charge in [0, 0.05) is 31.6 Å². The first-order chi connectivity index (χ1) is 16.1. The van der Waals surface area contributed by atoms with Gasteiger partial charge in [0.15, 0.2) is 11.6 Å². The highest BCUT2D eigenvalue weighted by molar-refractivity contribution is 6.62. The maximum absolute atomic E-state index is 16.0. The van der Waals surface area contributed by atoms with E-state index < -0.39 is 23.9 Å². The van der Waals surface area contributed by atoms with Crippen LogP contribution < -0.4 is 10.5 Å². The Morgan fingerprint density at radius 2 is 1.71 bits per heavy atom. The van der Waals surface area contributed by atoms with Crippen LogP contribution in [-0.4, -0.2) is 71.1 Å². The lowest BCUT2D eigenvalue weighted by molar-refractivity contribution is 0.00578. The number of carbonyl (C=O) groups excluding carboxylic acids is 1. The summed E-state index contributed by atoms with van der Waals surface area (Å²) >= 11 is 0. The van der Waals surface area contributed by atoms with Crippen molar-refractivity contribution in [2.75, 3.05) is 31.1 Å². The van der Waals surface area contributed by atoms with Crippen LogP contribution in [0.25, 0.3) is 10.9 Å². The molecule has 35 heavy (non-hydrogen) atoms. The van der Waals surface area contributed by atoms with E-state index in [0.29, 0.717) is 42.9 Å². The number of aromatic nitrogens is 2. The molecular formula is C25H38BFN4O4. The fourth-order valence-electron chi connectivity index (χ4n) is 4.58. The number of amides is 1. The van der Waals surface area contributed by atoms with Gasteiger partial charge in [0.2, 0.25) is 0 Å². The van der Waals surface area contributed by atoms with Crippen LogP contribution >= 0.6 is 0 Å². The summed E-state index contributed by atoms with van der Waals surface area (Å²) in [6, 6.07) is 0. The first-order valence-corrected chi connectivity index (χ1v) is 12.4. The SMILES string of the molecule is CC(C)c1c(B2OC(C)(C)C(C)(C)O2)[nH]c2cnc(N3CCN(C(=O)OC(C)(C)C)CC3)c(F)c12. The molecule has 0 radical (unpaired) electrons. The monoisotopic (exact) mass is 488 g/mol. The summed E-state index contributed by atoms with van der Waals surface area (Å²) in [4.78, 5) is 23.8. The minimum absolute atomic E-state index is 0.0338. The third-order valence-electron chi connectivity index (χ3n) is 7.13. The minimum atomic E-state index is -0.620. The summed E-state index contributed by atoms with van der Waals surface area (Å²) < 4.78 is 34.1. The van der Waals surface area contributed by atoms with E-state index >= 15 is 4.39 Å². The Balaban J connectivity index is 1.63. The van der Waals surface area contributed by atoms with Crippen molar-refractivity contribution >= 4 is 35.5 Å². The molecule has 0 unspecified atom stereocenters. The van der Waals surface area contributed by atoms with E-state index in [1.807, 2.05) is 67.2 Å².